The first kappa shape index (κ1) is 21.3. The molecule has 0 spiro atoms. The number of anilines is 1. The average Bonchev–Trinajstić information content (AvgIpc) is 3.16. The Kier molecular flexibility index (Phi) is 6.70. The summed E-state index contributed by atoms with van der Waals surface area (Å²) in [5.74, 6) is -0.557. The van der Waals surface area contributed by atoms with Gasteiger partial charge in [-0.05, 0) is 24.7 Å². The van der Waals surface area contributed by atoms with Crippen molar-refractivity contribution in [3.63, 3.8) is 0 Å². The number of aromatic nitrogens is 1. The number of halogens is 1. The summed E-state index contributed by atoms with van der Waals surface area (Å²) in [5.41, 5.74) is 1.83. The maximum Gasteiger partial charge on any atom is 0.270 e. The first-order valence-electron chi connectivity index (χ1n) is 8.87. The van der Waals surface area contributed by atoms with Gasteiger partial charge in [-0.2, -0.15) is 0 Å². The molecule has 30 heavy (non-hydrogen) atoms. The zero-order valence-electron chi connectivity index (χ0n) is 16.3. The third-order valence-electron chi connectivity index (χ3n) is 4.19. The number of rotatable bonds is 8. The van der Waals surface area contributed by atoms with Gasteiger partial charge in [-0.3, -0.25) is 19.8 Å². The van der Waals surface area contributed by atoms with Crippen LogP contribution in [0.3, 0.4) is 0 Å². The van der Waals surface area contributed by atoms with Crippen LogP contribution < -0.4 is 10.1 Å². The van der Waals surface area contributed by atoms with E-state index in [4.69, 9.17) is 4.74 Å². The van der Waals surface area contributed by atoms with Gasteiger partial charge in [-0.15, -0.1) is 11.3 Å². The van der Waals surface area contributed by atoms with E-state index in [0.717, 1.165) is 0 Å². The number of nitro groups is 1. The third-order valence-corrected chi connectivity index (χ3v) is 4.94. The van der Waals surface area contributed by atoms with Crippen molar-refractivity contribution >= 4 is 28.1 Å². The molecule has 1 amide bonds. The van der Waals surface area contributed by atoms with Crippen LogP contribution in [-0.2, 0) is 11.3 Å². The predicted molar refractivity (Wildman–Crippen MR) is 112 cm³/mol. The van der Waals surface area contributed by atoms with Gasteiger partial charge >= 0.3 is 0 Å². The van der Waals surface area contributed by atoms with Crippen molar-refractivity contribution in [3.8, 4) is 17.0 Å². The molecule has 0 aliphatic heterocycles. The van der Waals surface area contributed by atoms with E-state index in [1.807, 2.05) is 0 Å². The topological polar surface area (TPSA) is 97.6 Å². The molecule has 3 aromatic rings. The van der Waals surface area contributed by atoms with Crippen molar-refractivity contribution in [1.29, 1.82) is 0 Å². The van der Waals surface area contributed by atoms with Crippen molar-refractivity contribution in [1.82, 2.24) is 9.88 Å². The summed E-state index contributed by atoms with van der Waals surface area (Å²) >= 11 is 1.23. The summed E-state index contributed by atoms with van der Waals surface area (Å²) in [5, 5.41) is 15.7. The monoisotopic (exact) mass is 430 g/mol. The Hall–Kier alpha value is -3.37. The molecule has 10 heteroatoms. The summed E-state index contributed by atoms with van der Waals surface area (Å²) in [6, 6.07) is 10.8. The van der Waals surface area contributed by atoms with E-state index in [0.29, 0.717) is 28.5 Å². The van der Waals surface area contributed by atoms with Crippen LogP contribution in [0.4, 0.5) is 15.2 Å². The molecule has 156 valence electrons. The van der Waals surface area contributed by atoms with E-state index < -0.39 is 10.7 Å². The van der Waals surface area contributed by atoms with Gasteiger partial charge in [0.25, 0.3) is 5.69 Å². The molecule has 2 aromatic carbocycles. The largest absolute Gasteiger partial charge is 0.494 e. The lowest BCUT2D eigenvalue weighted by atomic mass is 10.1. The van der Waals surface area contributed by atoms with E-state index in [1.54, 1.807) is 41.6 Å². The normalized spacial score (nSPS) is 10.8. The number of thiazole rings is 1. The van der Waals surface area contributed by atoms with Crippen LogP contribution in [0, 0.1) is 15.9 Å². The van der Waals surface area contributed by atoms with Crippen molar-refractivity contribution in [2.75, 3.05) is 26.0 Å². The minimum absolute atomic E-state index is 0.0253. The molecule has 1 aromatic heterocycles. The fraction of sp³-hybridized carbons (Fsp3) is 0.200. The Morgan fingerprint density at radius 3 is 2.83 bits per heavy atom. The van der Waals surface area contributed by atoms with Crippen LogP contribution in [0.25, 0.3) is 11.3 Å². The molecule has 0 aliphatic carbocycles. The lowest BCUT2D eigenvalue weighted by Gasteiger charge is -2.16. The molecular weight excluding hydrogens is 411 g/mol. The maximum absolute atomic E-state index is 13.8. The van der Waals surface area contributed by atoms with Gasteiger partial charge in [0.15, 0.2) is 16.7 Å². The lowest BCUT2D eigenvalue weighted by Crippen LogP contribution is -2.29. The smallest absolute Gasteiger partial charge is 0.270 e. The quantitative estimate of drug-likeness (QED) is 0.429. The van der Waals surface area contributed by atoms with Crippen molar-refractivity contribution in [3.05, 3.63) is 69.3 Å². The standard InChI is InChI=1S/C20H19FN4O4S/c1-24(10-13-6-7-18(29-2)16(21)8-13)11-19(26)23-20-22-17(12-30-20)14-4-3-5-15(9-14)25(27)28/h3-9,12H,10-11H2,1-2H3,(H,22,23,26). The highest BCUT2D eigenvalue weighted by Gasteiger charge is 2.13. The first-order valence-corrected chi connectivity index (χ1v) is 9.75. The molecule has 1 heterocycles. The number of hydrogen-bond donors (Lipinski definition) is 1. The molecule has 0 unspecified atom stereocenters. The van der Waals surface area contributed by atoms with Crippen molar-refractivity contribution in [2.45, 2.75) is 6.54 Å². The van der Waals surface area contributed by atoms with Gasteiger partial charge in [0.2, 0.25) is 5.91 Å². The minimum atomic E-state index is -0.469. The Morgan fingerprint density at radius 1 is 1.33 bits per heavy atom. The maximum atomic E-state index is 13.8. The number of hydrogen-bond acceptors (Lipinski definition) is 7. The van der Waals surface area contributed by atoms with Gasteiger partial charge in [-0.1, -0.05) is 18.2 Å². The average molecular weight is 430 g/mol. The number of nitrogens with one attached hydrogen (secondary N) is 1. The lowest BCUT2D eigenvalue weighted by molar-refractivity contribution is -0.384. The summed E-state index contributed by atoms with van der Waals surface area (Å²) in [6.07, 6.45) is 0. The molecule has 0 saturated heterocycles. The highest BCUT2D eigenvalue weighted by molar-refractivity contribution is 7.14. The fourth-order valence-electron chi connectivity index (χ4n) is 2.82. The molecule has 0 radical (unpaired) electrons. The van der Waals surface area contributed by atoms with Gasteiger partial charge in [-0.25, -0.2) is 9.37 Å². The summed E-state index contributed by atoms with van der Waals surface area (Å²) < 4.78 is 18.7. The van der Waals surface area contributed by atoms with Crippen LogP contribution in [0.2, 0.25) is 0 Å². The molecule has 1 N–H and O–H groups in total. The fourth-order valence-corrected chi connectivity index (χ4v) is 3.56. The number of ether oxygens (including phenoxy) is 1. The van der Waals surface area contributed by atoms with Crippen LogP contribution in [0.5, 0.6) is 5.75 Å². The van der Waals surface area contributed by atoms with Crippen molar-refractivity contribution < 1.29 is 18.8 Å². The number of nitro benzene ring substituents is 1. The Balaban J connectivity index is 1.58. The minimum Gasteiger partial charge on any atom is -0.494 e. The summed E-state index contributed by atoms with van der Waals surface area (Å²) in [4.78, 5) is 28.8. The second-order valence-electron chi connectivity index (χ2n) is 6.53. The number of non-ortho nitro benzene ring substituents is 1. The second kappa shape index (κ2) is 9.42. The number of benzene rings is 2. The van der Waals surface area contributed by atoms with Gasteiger partial charge in [0.1, 0.15) is 0 Å². The van der Waals surface area contributed by atoms with Gasteiger partial charge in [0.05, 0.1) is 24.3 Å². The highest BCUT2D eigenvalue weighted by Crippen LogP contribution is 2.27. The van der Waals surface area contributed by atoms with Gasteiger partial charge in [0, 0.05) is 29.6 Å². The Labute approximate surface area is 176 Å². The molecule has 0 saturated carbocycles. The molecular formula is C20H19FN4O4S. The zero-order valence-corrected chi connectivity index (χ0v) is 17.1. The summed E-state index contributed by atoms with van der Waals surface area (Å²) in [6.45, 7) is 0.463. The van der Waals surface area contributed by atoms with E-state index >= 15 is 0 Å². The number of likely N-dealkylation sites (N-methyl/N-ethyl adjacent to an activating group) is 1. The third kappa shape index (κ3) is 5.37. The van der Waals surface area contributed by atoms with E-state index in [9.17, 15) is 19.3 Å². The molecule has 8 nitrogen and oxygen atoms in total. The first-order chi connectivity index (χ1) is 14.4. The van der Waals surface area contributed by atoms with Crippen LogP contribution >= 0.6 is 11.3 Å². The number of carbonyl (C=O) groups excluding carboxylic acids is 1. The molecule has 3 rings (SSSR count). The highest BCUT2D eigenvalue weighted by atomic mass is 32.1. The van der Waals surface area contributed by atoms with Crippen LogP contribution in [0.15, 0.2) is 47.8 Å². The van der Waals surface area contributed by atoms with E-state index in [1.165, 1.54) is 36.6 Å². The summed E-state index contributed by atoms with van der Waals surface area (Å²) in [7, 11) is 3.15. The Bertz CT molecular complexity index is 1070. The zero-order chi connectivity index (χ0) is 21.7. The SMILES string of the molecule is COc1ccc(CN(C)CC(=O)Nc2nc(-c3cccc([N+](=O)[O-])c3)cs2)cc1F. The van der Waals surface area contributed by atoms with E-state index in [2.05, 4.69) is 10.3 Å². The Morgan fingerprint density at radius 2 is 2.13 bits per heavy atom. The molecule has 0 fully saturated rings. The van der Waals surface area contributed by atoms with Crippen LogP contribution in [0.1, 0.15) is 5.56 Å². The van der Waals surface area contributed by atoms with Crippen LogP contribution in [-0.4, -0.2) is 41.4 Å². The number of carbonyl (C=O) groups is 1. The number of methoxy groups -OCH3 is 1. The molecule has 0 bridgehead atoms. The van der Waals surface area contributed by atoms with Crippen molar-refractivity contribution in [2.24, 2.45) is 0 Å². The number of nitrogens with zero attached hydrogens (tertiary/aromatic N) is 3. The molecule has 0 atom stereocenters. The second-order valence-corrected chi connectivity index (χ2v) is 7.39. The van der Waals surface area contributed by atoms with E-state index in [-0.39, 0.29) is 23.9 Å². The number of amides is 1. The van der Waals surface area contributed by atoms with Gasteiger partial charge < -0.3 is 10.1 Å². The molecule has 0 aliphatic rings. The predicted octanol–water partition coefficient (Wildman–Crippen LogP) is 3.94.